The van der Waals surface area contributed by atoms with Crippen LogP contribution in [-0.2, 0) is 0 Å². The Labute approximate surface area is 65.4 Å². The van der Waals surface area contributed by atoms with Gasteiger partial charge in [0.15, 0.2) is 0 Å². The van der Waals surface area contributed by atoms with Gasteiger partial charge < -0.3 is 4.90 Å². The fraction of sp³-hybridized carbons (Fsp3) is 0.222. The van der Waals surface area contributed by atoms with Crippen LogP contribution in [0.2, 0.25) is 0 Å². The van der Waals surface area contributed by atoms with Crippen molar-refractivity contribution in [3.63, 3.8) is 0 Å². The van der Waals surface area contributed by atoms with E-state index in [1.54, 1.807) is 29.2 Å². The van der Waals surface area contributed by atoms with Crippen molar-refractivity contribution in [3.8, 4) is 0 Å². The highest BCUT2D eigenvalue weighted by molar-refractivity contribution is 5.95. The fourth-order valence-electron chi connectivity index (χ4n) is 0.965. The molecule has 2 heteroatoms. The van der Waals surface area contributed by atoms with Crippen LogP contribution in [0.15, 0.2) is 24.3 Å². The quantitative estimate of drug-likeness (QED) is 0.540. The van der Waals surface area contributed by atoms with Crippen LogP contribution >= 0.6 is 0 Å². The predicted molar refractivity (Wildman–Crippen MR) is 41.2 cm³/mol. The Morgan fingerprint density at radius 1 is 1.36 bits per heavy atom. The van der Waals surface area contributed by atoms with Crippen LogP contribution in [0.5, 0.6) is 0 Å². The Hall–Kier alpha value is -1.31. The highest BCUT2D eigenvalue weighted by Gasteiger charge is 2.24. The molecule has 1 aromatic carbocycles. The Balaban J connectivity index is 2.22. The van der Waals surface area contributed by atoms with Crippen molar-refractivity contribution in [2.75, 3.05) is 13.1 Å². The normalized spacial score (nSPS) is 14.7. The smallest absolute Gasteiger partial charge is 0.253 e. The van der Waals surface area contributed by atoms with Crippen molar-refractivity contribution >= 4 is 5.91 Å². The van der Waals surface area contributed by atoms with Crippen molar-refractivity contribution in [1.29, 1.82) is 0 Å². The molecule has 0 atom stereocenters. The molecule has 11 heavy (non-hydrogen) atoms. The van der Waals surface area contributed by atoms with Crippen LogP contribution < -0.4 is 0 Å². The van der Waals surface area contributed by atoms with Crippen molar-refractivity contribution in [2.24, 2.45) is 0 Å². The van der Waals surface area contributed by atoms with Gasteiger partial charge in [-0.1, -0.05) is 12.1 Å². The summed E-state index contributed by atoms with van der Waals surface area (Å²) in [6.45, 7) is 1.83. The van der Waals surface area contributed by atoms with E-state index in [1.165, 1.54) is 0 Å². The summed E-state index contributed by atoms with van der Waals surface area (Å²) in [5, 5.41) is 0. The summed E-state index contributed by atoms with van der Waals surface area (Å²) < 4.78 is 0. The van der Waals surface area contributed by atoms with E-state index in [9.17, 15) is 4.79 Å². The molecule has 1 amide bonds. The topological polar surface area (TPSA) is 20.1 Å². The molecule has 1 aliphatic heterocycles. The molecule has 0 saturated carbocycles. The molecule has 0 aliphatic carbocycles. The summed E-state index contributed by atoms with van der Waals surface area (Å²) in [6.07, 6.45) is 0. The average molecular weight is 146 g/mol. The summed E-state index contributed by atoms with van der Waals surface area (Å²) in [6, 6.07) is 9.98. The minimum Gasteiger partial charge on any atom is -0.335 e. The molecule has 0 N–H and O–H groups in total. The van der Waals surface area contributed by atoms with E-state index < -0.39 is 0 Å². The van der Waals surface area contributed by atoms with E-state index in [-0.39, 0.29) is 5.91 Å². The standard InChI is InChI=1S/C9H8NO/c11-9(10-6-7-10)8-4-2-1-3-5-8/h2-5H,6-7H2. The summed E-state index contributed by atoms with van der Waals surface area (Å²) >= 11 is 0. The van der Waals surface area contributed by atoms with E-state index in [0.717, 1.165) is 18.7 Å². The molecular formula is C9H8NO. The molecule has 0 spiro atoms. The molecule has 2 rings (SSSR count). The van der Waals surface area contributed by atoms with Gasteiger partial charge in [0.2, 0.25) is 0 Å². The summed E-state index contributed by atoms with van der Waals surface area (Å²) in [4.78, 5) is 13.1. The number of carbonyl (C=O) groups is 1. The number of nitrogens with zero attached hydrogens (tertiary/aromatic N) is 1. The number of rotatable bonds is 1. The first kappa shape index (κ1) is 6.40. The molecule has 1 heterocycles. The fourth-order valence-corrected chi connectivity index (χ4v) is 0.965. The lowest BCUT2D eigenvalue weighted by Crippen LogP contribution is -2.09. The monoisotopic (exact) mass is 146 g/mol. The molecule has 1 aliphatic rings. The van der Waals surface area contributed by atoms with Gasteiger partial charge in [0, 0.05) is 18.7 Å². The first-order valence-electron chi connectivity index (χ1n) is 3.63. The number of carbonyl (C=O) groups excluding carboxylic acids is 1. The maximum Gasteiger partial charge on any atom is 0.253 e. The van der Waals surface area contributed by atoms with Gasteiger partial charge in [0.25, 0.3) is 5.91 Å². The number of hydrogen-bond acceptors (Lipinski definition) is 1. The second kappa shape index (κ2) is 2.38. The molecule has 0 unspecified atom stereocenters. The maximum atomic E-state index is 11.3. The third kappa shape index (κ3) is 1.24. The third-order valence-corrected chi connectivity index (χ3v) is 1.70. The summed E-state index contributed by atoms with van der Waals surface area (Å²) in [5.74, 6) is 0.138. The first-order valence-corrected chi connectivity index (χ1v) is 3.63. The number of benzene rings is 1. The van der Waals surface area contributed by atoms with Gasteiger partial charge in [-0.3, -0.25) is 4.79 Å². The van der Waals surface area contributed by atoms with Gasteiger partial charge in [0.1, 0.15) is 0 Å². The van der Waals surface area contributed by atoms with Gasteiger partial charge >= 0.3 is 0 Å². The van der Waals surface area contributed by atoms with Gasteiger partial charge in [-0.15, -0.1) is 0 Å². The molecule has 1 aromatic rings. The molecule has 0 bridgehead atoms. The molecule has 0 aromatic heterocycles. The first-order chi connectivity index (χ1) is 5.38. The van der Waals surface area contributed by atoms with E-state index in [1.807, 2.05) is 0 Å². The zero-order valence-corrected chi connectivity index (χ0v) is 6.08. The van der Waals surface area contributed by atoms with Crippen molar-refractivity contribution in [2.45, 2.75) is 0 Å². The Morgan fingerprint density at radius 2 is 2.00 bits per heavy atom. The van der Waals surface area contributed by atoms with Crippen molar-refractivity contribution < 1.29 is 4.79 Å². The van der Waals surface area contributed by atoms with E-state index in [2.05, 4.69) is 6.07 Å². The molecule has 1 saturated heterocycles. The van der Waals surface area contributed by atoms with Gasteiger partial charge in [-0.2, -0.15) is 0 Å². The molecule has 2 nitrogen and oxygen atoms in total. The van der Waals surface area contributed by atoms with Crippen LogP contribution in [-0.4, -0.2) is 23.9 Å². The van der Waals surface area contributed by atoms with E-state index >= 15 is 0 Å². The van der Waals surface area contributed by atoms with E-state index in [0.29, 0.717) is 0 Å². The molecule has 1 radical (unpaired) electrons. The summed E-state index contributed by atoms with van der Waals surface area (Å²) in [5.41, 5.74) is 0.765. The zero-order chi connectivity index (χ0) is 7.68. The molecular weight excluding hydrogens is 138 g/mol. The largest absolute Gasteiger partial charge is 0.335 e. The zero-order valence-electron chi connectivity index (χ0n) is 6.08. The lowest BCUT2D eigenvalue weighted by molar-refractivity contribution is 0.0885. The summed E-state index contributed by atoms with van der Waals surface area (Å²) in [7, 11) is 0. The average Bonchev–Trinajstić information content (AvgIpc) is 2.87. The van der Waals surface area contributed by atoms with Gasteiger partial charge in [-0.25, -0.2) is 0 Å². The van der Waals surface area contributed by atoms with Crippen LogP contribution in [0, 0.1) is 6.07 Å². The van der Waals surface area contributed by atoms with Crippen molar-refractivity contribution in [1.82, 2.24) is 4.90 Å². The van der Waals surface area contributed by atoms with Gasteiger partial charge in [-0.05, 0) is 18.2 Å². The van der Waals surface area contributed by atoms with Crippen molar-refractivity contribution in [3.05, 3.63) is 35.9 Å². The Kier molecular flexibility index (Phi) is 1.39. The SMILES string of the molecule is O=C(c1cc[c]cc1)N1CC1. The Morgan fingerprint density at radius 3 is 2.55 bits per heavy atom. The lowest BCUT2D eigenvalue weighted by atomic mass is 10.2. The minimum atomic E-state index is 0.138. The number of amides is 1. The van der Waals surface area contributed by atoms with Crippen LogP contribution in [0.25, 0.3) is 0 Å². The van der Waals surface area contributed by atoms with Crippen LogP contribution in [0.1, 0.15) is 10.4 Å². The second-order valence-electron chi connectivity index (χ2n) is 2.58. The highest BCUT2D eigenvalue weighted by atomic mass is 16.2. The number of hydrogen-bond donors (Lipinski definition) is 0. The predicted octanol–water partition coefficient (Wildman–Crippen LogP) is 0.943. The molecule has 55 valence electrons. The van der Waals surface area contributed by atoms with Crippen LogP contribution in [0.3, 0.4) is 0 Å². The van der Waals surface area contributed by atoms with Gasteiger partial charge in [0.05, 0.1) is 0 Å². The van der Waals surface area contributed by atoms with E-state index in [4.69, 9.17) is 0 Å². The second-order valence-corrected chi connectivity index (χ2v) is 2.58. The minimum absolute atomic E-state index is 0.138. The Bertz CT molecular complexity index is 264. The molecule has 1 fully saturated rings. The third-order valence-electron chi connectivity index (χ3n) is 1.70. The van der Waals surface area contributed by atoms with Crippen LogP contribution in [0.4, 0.5) is 0 Å². The highest BCUT2D eigenvalue weighted by Crippen LogP contribution is 2.10. The lowest BCUT2D eigenvalue weighted by Gasteiger charge is -1.98. The maximum absolute atomic E-state index is 11.3.